The fourth-order valence-electron chi connectivity index (χ4n) is 3.05. The third kappa shape index (κ3) is 2.87. The van der Waals surface area contributed by atoms with Gasteiger partial charge < -0.3 is 15.4 Å². The second kappa shape index (κ2) is 6.27. The Balaban J connectivity index is 1.84. The Hall–Kier alpha value is -2.21. The molecule has 3 N–H and O–H groups in total. The van der Waals surface area contributed by atoms with Crippen LogP contribution in [0.4, 0.5) is 0 Å². The maximum Gasteiger partial charge on any atom is 0.287 e. The van der Waals surface area contributed by atoms with E-state index in [4.69, 9.17) is 0 Å². The number of H-pyrrole nitrogens is 1. The van der Waals surface area contributed by atoms with Crippen LogP contribution < -0.4 is 10.9 Å². The number of aromatic nitrogens is 2. The average Bonchev–Trinajstić information content (AvgIpc) is 2.55. The molecule has 1 aliphatic carbocycles. The number of para-hydroxylation sites is 1. The van der Waals surface area contributed by atoms with Crippen molar-refractivity contribution in [3.8, 4) is 0 Å². The highest BCUT2D eigenvalue weighted by molar-refractivity contribution is 5.92. The molecule has 116 valence electrons. The number of carbonyl (C=O) groups is 1. The number of nitrogens with one attached hydrogen (secondary N) is 2. The van der Waals surface area contributed by atoms with Crippen LogP contribution in [-0.2, 0) is 0 Å². The first kappa shape index (κ1) is 14.7. The topological polar surface area (TPSA) is 95.1 Å². The van der Waals surface area contributed by atoms with Crippen LogP contribution in [0.1, 0.15) is 36.3 Å². The molecular weight excluding hydrogens is 282 g/mol. The average molecular weight is 301 g/mol. The minimum atomic E-state index is -0.395. The normalized spacial score (nSPS) is 21.7. The highest BCUT2D eigenvalue weighted by Gasteiger charge is 2.26. The van der Waals surface area contributed by atoms with Gasteiger partial charge in [0.1, 0.15) is 0 Å². The number of carbonyl (C=O) groups excluding carboxylic acids is 1. The number of fused-ring (bicyclic) bond motifs is 1. The molecule has 0 saturated heterocycles. The second-order valence-electron chi connectivity index (χ2n) is 5.74. The van der Waals surface area contributed by atoms with Crippen LogP contribution >= 0.6 is 0 Å². The van der Waals surface area contributed by atoms with E-state index in [0.29, 0.717) is 10.9 Å². The number of aromatic amines is 1. The fourth-order valence-corrected chi connectivity index (χ4v) is 3.05. The van der Waals surface area contributed by atoms with Gasteiger partial charge in [-0.1, -0.05) is 25.0 Å². The van der Waals surface area contributed by atoms with Gasteiger partial charge in [-0.3, -0.25) is 9.59 Å². The summed E-state index contributed by atoms with van der Waals surface area (Å²) < 4.78 is 0. The molecule has 6 heteroatoms. The van der Waals surface area contributed by atoms with Crippen molar-refractivity contribution in [3.05, 3.63) is 40.4 Å². The first-order valence-electron chi connectivity index (χ1n) is 7.60. The van der Waals surface area contributed by atoms with E-state index in [9.17, 15) is 14.7 Å². The molecule has 2 aromatic rings. The molecule has 0 bridgehead atoms. The van der Waals surface area contributed by atoms with E-state index in [1.165, 1.54) is 0 Å². The Labute approximate surface area is 127 Å². The van der Waals surface area contributed by atoms with Gasteiger partial charge in [0.25, 0.3) is 11.5 Å². The van der Waals surface area contributed by atoms with Gasteiger partial charge in [-0.05, 0) is 25.0 Å². The minimum Gasteiger partial charge on any atom is -0.396 e. The Morgan fingerprint density at radius 1 is 1.32 bits per heavy atom. The van der Waals surface area contributed by atoms with Crippen molar-refractivity contribution in [2.24, 2.45) is 5.92 Å². The smallest absolute Gasteiger partial charge is 0.287 e. The van der Waals surface area contributed by atoms with E-state index < -0.39 is 5.91 Å². The van der Waals surface area contributed by atoms with E-state index in [1.807, 2.05) is 0 Å². The van der Waals surface area contributed by atoms with Crippen molar-refractivity contribution in [1.29, 1.82) is 0 Å². The van der Waals surface area contributed by atoms with Crippen LogP contribution in [0, 0.1) is 5.92 Å². The lowest BCUT2D eigenvalue weighted by Gasteiger charge is -2.30. The molecule has 1 amide bonds. The largest absolute Gasteiger partial charge is 0.396 e. The molecule has 22 heavy (non-hydrogen) atoms. The predicted molar refractivity (Wildman–Crippen MR) is 82.7 cm³/mol. The second-order valence-corrected chi connectivity index (χ2v) is 5.74. The lowest BCUT2D eigenvalue weighted by molar-refractivity contribution is 0.0862. The van der Waals surface area contributed by atoms with Gasteiger partial charge in [0.05, 0.1) is 10.9 Å². The Morgan fingerprint density at radius 3 is 2.91 bits per heavy atom. The molecule has 1 aliphatic rings. The maximum atomic E-state index is 12.3. The van der Waals surface area contributed by atoms with Gasteiger partial charge in [-0.2, -0.15) is 0 Å². The maximum absolute atomic E-state index is 12.3. The summed E-state index contributed by atoms with van der Waals surface area (Å²) in [5, 5.41) is 12.8. The monoisotopic (exact) mass is 301 g/mol. The molecule has 1 aromatic carbocycles. The summed E-state index contributed by atoms with van der Waals surface area (Å²) >= 11 is 0. The van der Waals surface area contributed by atoms with Gasteiger partial charge >= 0.3 is 0 Å². The molecule has 2 unspecified atom stereocenters. The van der Waals surface area contributed by atoms with E-state index in [0.717, 1.165) is 25.7 Å². The van der Waals surface area contributed by atoms with Crippen molar-refractivity contribution in [1.82, 2.24) is 15.3 Å². The molecule has 2 atom stereocenters. The number of hydrogen-bond donors (Lipinski definition) is 3. The van der Waals surface area contributed by atoms with Crippen molar-refractivity contribution in [2.45, 2.75) is 31.7 Å². The van der Waals surface area contributed by atoms with Crippen LogP contribution in [0.2, 0.25) is 0 Å². The summed E-state index contributed by atoms with van der Waals surface area (Å²) in [4.78, 5) is 31.1. The Morgan fingerprint density at radius 2 is 2.09 bits per heavy atom. The molecular formula is C16H19N3O3. The standard InChI is InChI=1S/C16H19N3O3/c20-9-10-5-1-3-7-12(10)18-16(22)14-17-13-8-4-2-6-11(13)15(21)19-14/h2,4,6,8,10,12,20H,1,3,5,7,9H2,(H,18,22)(H,17,19,21). The fraction of sp³-hybridized carbons (Fsp3) is 0.438. The minimum absolute atomic E-state index is 0.0194. The van der Waals surface area contributed by atoms with Gasteiger partial charge in [0, 0.05) is 18.6 Å². The number of amides is 1. The lowest BCUT2D eigenvalue weighted by Crippen LogP contribution is -2.44. The molecule has 0 spiro atoms. The molecule has 0 aliphatic heterocycles. The highest BCUT2D eigenvalue weighted by Crippen LogP contribution is 2.24. The van der Waals surface area contributed by atoms with Crippen LogP contribution in [0.15, 0.2) is 29.1 Å². The zero-order valence-electron chi connectivity index (χ0n) is 12.2. The first-order chi connectivity index (χ1) is 10.7. The number of rotatable bonds is 3. The van der Waals surface area contributed by atoms with Crippen molar-refractivity contribution >= 4 is 16.8 Å². The summed E-state index contributed by atoms with van der Waals surface area (Å²) in [6.45, 7) is 0.0621. The van der Waals surface area contributed by atoms with E-state index in [1.54, 1.807) is 24.3 Å². The summed E-state index contributed by atoms with van der Waals surface area (Å²) in [7, 11) is 0. The molecule has 1 saturated carbocycles. The number of hydrogen-bond acceptors (Lipinski definition) is 4. The number of aliphatic hydroxyl groups is 1. The summed E-state index contributed by atoms with van der Waals surface area (Å²) in [5.41, 5.74) is 0.178. The molecule has 1 fully saturated rings. The molecule has 1 heterocycles. The van der Waals surface area contributed by atoms with Crippen LogP contribution in [0.5, 0.6) is 0 Å². The van der Waals surface area contributed by atoms with E-state index in [-0.39, 0.29) is 30.0 Å². The number of benzene rings is 1. The predicted octanol–water partition coefficient (Wildman–Crippen LogP) is 1.20. The van der Waals surface area contributed by atoms with Crippen molar-refractivity contribution in [2.75, 3.05) is 6.61 Å². The van der Waals surface area contributed by atoms with Crippen LogP contribution in [0.25, 0.3) is 10.9 Å². The lowest BCUT2D eigenvalue weighted by atomic mass is 9.85. The quantitative estimate of drug-likeness (QED) is 0.794. The summed E-state index contributed by atoms with van der Waals surface area (Å²) in [6.07, 6.45) is 3.85. The van der Waals surface area contributed by atoms with Gasteiger partial charge in [-0.15, -0.1) is 0 Å². The molecule has 3 rings (SSSR count). The van der Waals surface area contributed by atoms with E-state index in [2.05, 4.69) is 15.3 Å². The van der Waals surface area contributed by atoms with Gasteiger partial charge in [0.15, 0.2) is 5.82 Å². The van der Waals surface area contributed by atoms with Crippen LogP contribution in [-0.4, -0.2) is 33.6 Å². The van der Waals surface area contributed by atoms with Gasteiger partial charge in [0.2, 0.25) is 0 Å². The third-order valence-corrected chi connectivity index (χ3v) is 4.29. The molecule has 1 aromatic heterocycles. The van der Waals surface area contributed by atoms with Crippen molar-refractivity contribution < 1.29 is 9.90 Å². The molecule has 6 nitrogen and oxygen atoms in total. The zero-order chi connectivity index (χ0) is 15.5. The van der Waals surface area contributed by atoms with Crippen molar-refractivity contribution in [3.63, 3.8) is 0 Å². The Kier molecular flexibility index (Phi) is 4.20. The third-order valence-electron chi connectivity index (χ3n) is 4.29. The first-order valence-corrected chi connectivity index (χ1v) is 7.60. The Bertz CT molecular complexity index is 741. The van der Waals surface area contributed by atoms with Crippen LogP contribution in [0.3, 0.4) is 0 Å². The highest BCUT2D eigenvalue weighted by atomic mass is 16.3. The summed E-state index contributed by atoms with van der Waals surface area (Å²) in [5.74, 6) is -0.302. The number of nitrogens with zero attached hydrogens (tertiary/aromatic N) is 1. The van der Waals surface area contributed by atoms with E-state index >= 15 is 0 Å². The van der Waals surface area contributed by atoms with Gasteiger partial charge in [-0.25, -0.2) is 4.98 Å². The zero-order valence-corrected chi connectivity index (χ0v) is 12.2. The summed E-state index contributed by atoms with van der Waals surface area (Å²) in [6, 6.07) is 6.85. The SMILES string of the molecule is O=C(NC1CCCCC1CO)c1nc2ccccc2c(=O)[nH]1. The number of aliphatic hydroxyl groups excluding tert-OH is 1. The molecule has 0 radical (unpaired) electrons.